The van der Waals surface area contributed by atoms with Gasteiger partial charge in [-0.05, 0) is 25.1 Å². The molecule has 4 heteroatoms. The quantitative estimate of drug-likeness (QED) is 0.624. The average Bonchev–Trinajstić information content (AvgIpc) is 2.28. The van der Waals surface area contributed by atoms with Crippen molar-refractivity contribution in [2.75, 3.05) is 13.7 Å². The SMILES string of the molecule is COC(=O)/C(C)=C/COc1cccc(O)c1. The van der Waals surface area contributed by atoms with E-state index in [4.69, 9.17) is 4.74 Å². The predicted molar refractivity (Wildman–Crippen MR) is 59.4 cm³/mol. The number of carbonyl (C=O) groups is 1. The molecule has 1 N–H and O–H groups in total. The van der Waals surface area contributed by atoms with Gasteiger partial charge >= 0.3 is 5.97 Å². The minimum atomic E-state index is -0.375. The summed E-state index contributed by atoms with van der Waals surface area (Å²) in [6, 6.07) is 6.46. The zero-order valence-electron chi connectivity index (χ0n) is 9.27. The van der Waals surface area contributed by atoms with E-state index in [2.05, 4.69) is 4.74 Å². The van der Waals surface area contributed by atoms with Crippen molar-refractivity contribution in [3.05, 3.63) is 35.9 Å². The summed E-state index contributed by atoms with van der Waals surface area (Å²) < 4.78 is 9.84. The Balaban J connectivity index is 2.50. The summed E-state index contributed by atoms with van der Waals surface area (Å²) in [5.41, 5.74) is 0.489. The number of hydrogen-bond acceptors (Lipinski definition) is 4. The molecule has 0 fully saturated rings. The second-order valence-corrected chi connectivity index (χ2v) is 3.19. The van der Waals surface area contributed by atoms with Gasteiger partial charge in [0.1, 0.15) is 18.1 Å². The molecule has 1 aromatic carbocycles. The third-order valence-corrected chi connectivity index (χ3v) is 1.96. The molecule has 0 aliphatic carbocycles. The van der Waals surface area contributed by atoms with Crippen LogP contribution < -0.4 is 4.74 Å². The van der Waals surface area contributed by atoms with Gasteiger partial charge in [-0.25, -0.2) is 4.79 Å². The molecule has 0 bridgehead atoms. The first-order valence-corrected chi connectivity index (χ1v) is 4.80. The van der Waals surface area contributed by atoms with E-state index in [0.29, 0.717) is 11.3 Å². The minimum absolute atomic E-state index is 0.145. The van der Waals surface area contributed by atoms with E-state index in [1.165, 1.54) is 13.2 Å². The molecular weight excluding hydrogens is 208 g/mol. The molecule has 16 heavy (non-hydrogen) atoms. The summed E-state index contributed by atoms with van der Waals surface area (Å²) in [4.78, 5) is 11.0. The fourth-order valence-corrected chi connectivity index (χ4v) is 1.08. The number of aromatic hydroxyl groups is 1. The van der Waals surface area contributed by atoms with Gasteiger partial charge in [-0.1, -0.05) is 6.07 Å². The average molecular weight is 222 g/mol. The smallest absolute Gasteiger partial charge is 0.333 e. The maximum Gasteiger partial charge on any atom is 0.333 e. The van der Waals surface area contributed by atoms with Crippen LogP contribution in [-0.2, 0) is 9.53 Å². The lowest BCUT2D eigenvalue weighted by molar-refractivity contribution is -0.136. The van der Waals surface area contributed by atoms with Crippen LogP contribution in [0.2, 0.25) is 0 Å². The Labute approximate surface area is 94.1 Å². The number of esters is 1. The lowest BCUT2D eigenvalue weighted by Crippen LogP contribution is -2.04. The van der Waals surface area contributed by atoms with Gasteiger partial charge in [0.25, 0.3) is 0 Å². The Morgan fingerprint density at radius 1 is 1.50 bits per heavy atom. The fraction of sp³-hybridized carbons (Fsp3) is 0.250. The molecule has 0 aromatic heterocycles. The Kier molecular flexibility index (Phi) is 4.39. The van der Waals surface area contributed by atoms with Crippen LogP contribution in [0.1, 0.15) is 6.92 Å². The van der Waals surface area contributed by atoms with Crippen molar-refractivity contribution >= 4 is 5.97 Å². The van der Waals surface area contributed by atoms with E-state index < -0.39 is 0 Å². The van der Waals surface area contributed by atoms with E-state index in [9.17, 15) is 9.90 Å². The Morgan fingerprint density at radius 3 is 2.88 bits per heavy atom. The van der Waals surface area contributed by atoms with Gasteiger partial charge < -0.3 is 14.6 Å². The first-order chi connectivity index (χ1) is 7.63. The van der Waals surface area contributed by atoms with E-state index in [1.807, 2.05) is 0 Å². The highest BCUT2D eigenvalue weighted by Gasteiger charge is 2.01. The first-order valence-electron chi connectivity index (χ1n) is 4.80. The zero-order valence-corrected chi connectivity index (χ0v) is 9.27. The number of ether oxygens (including phenoxy) is 2. The summed E-state index contributed by atoms with van der Waals surface area (Å²) >= 11 is 0. The number of phenolic OH excluding ortho intramolecular Hbond substituents is 1. The van der Waals surface area contributed by atoms with Crippen molar-refractivity contribution in [1.82, 2.24) is 0 Å². The van der Waals surface area contributed by atoms with Gasteiger partial charge in [-0.15, -0.1) is 0 Å². The van der Waals surface area contributed by atoms with Crippen LogP contribution in [-0.4, -0.2) is 24.8 Å². The van der Waals surface area contributed by atoms with Crippen molar-refractivity contribution in [2.24, 2.45) is 0 Å². The standard InChI is InChI=1S/C12H14O4/c1-9(12(14)15-2)6-7-16-11-5-3-4-10(13)8-11/h3-6,8,13H,7H2,1-2H3/b9-6+. The molecule has 0 aliphatic heterocycles. The highest BCUT2D eigenvalue weighted by Crippen LogP contribution is 2.17. The molecule has 0 aliphatic rings. The highest BCUT2D eigenvalue weighted by molar-refractivity contribution is 5.87. The van der Waals surface area contributed by atoms with Crippen LogP contribution in [0.3, 0.4) is 0 Å². The molecule has 1 aromatic rings. The van der Waals surface area contributed by atoms with E-state index in [0.717, 1.165) is 0 Å². The number of rotatable bonds is 4. The molecule has 0 atom stereocenters. The Bertz CT molecular complexity index is 396. The molecule has 1 rings (SSSR count). The second-order valence-electron chi connectivity index (χ2n) is 3.19. The Hall–Kier alpha value is -1.97. The zero-order chi connectivity index (χ0) is 12.0. The van der Waals surface area contributed by atoms with E-state index in [-0.39, 0.29) is 18.3 Å². The third-order valence-electron chi connectivity index (χ3n) is 1.96. The second kappa shape index (κ2) is 5.80. The van der Waals surface area contributed by atoms with Gasteiger partial charge in [0, 0.05) is 11.6 Å². The fourth-order valence-electron chi connectivity index (χ4n) is 1.08. The predicted octanol–water partition coefficient (Wildman–Crippen LogP) is 1.89. The van der Waals surface area contributed by atoms with Gasteiger partial charge in [0.2, 0.25) is 0 Å². The maximum absolute atomic E-state index is 11.0. The van der Waals surface area contributed by atoms with Gasteiger partial charge in [-0.2, -0.15) is 0 Å². The molecule has 0 saturated heterocycles. The maximum atomic E-state index is 11.0. The summed E-state index contributed by atoms with van der Waals surface area (Å²) in [7, 11) is 1.33. The largest absolute Gasteiger partial charge is 0.508 e. The lowest BCUT2D eigenvalue weighted by atomic mass is 10.3. The van der Waals surface area contributed by atoms with Crippen molar-refractivity contribution in [2.45, 2.75) is 6.92 Å². The number of benzene rings is 1. The lowest BCUT2D eigenvalue weighted by Gasteiger charge is -2.04. The molecule has 86 valence electrons. The van der Waals surface area contributed by atoms with Crippen LogP contribution in [0, 0.1) is 0 Å². The highest BCUT2D eigenvalue weighted by atomic mass is 16.5. The molecular formula is C12H14O4. The van der Waals surface area contributed by atoms with E-state index >= 15 is 0 Å². The van der Waals surface area contributed by atoms with Crippen molar-refractivity contribution in [3.63, 3.8) is 0 Å². The molecule has 0 unspecified atom stereocenters. The topological polar surface area (TPSA) is 55.8 Å². The monoisotopic (exact) mass is 222 g/mol. The van der Waals surface area contributed by atoms with Crippen molar-refractivity contribution < 1.29 is 19.4 Å². The van der Waals surface area contributed by atoms with Crippen molar-refractivity contribution in [1.29, 1.82) is 0 Å². The van der Waals surface area contributed by atoms with Gasteiger partial charge in [-0.3, -0.25) is 0 Å². The number of hydrogen-bond donors (Lipinski definition) is 1. The van der Waals surface area contributed by atoms with Crippen LogP contribution in [0.15, 0.2) is 35.9 Å². The van der Waals surface area contributed by atoms with Gasteiger partial charge in [0.05, 0.1) is 7.11 Å². The molecule has 0 radical (unpaired) electrons. The Morgan fingerprint density at radius 2 is 2.25 bits per heavy atom. The van der Waals surface area contributed by atoms with Gasteiger partial charge in [0.15, 0.2) is 0 Å². The molecule has 0 heterocycles. The first kappa shape index (κ1) is 12.1. The summed E-state index contributed by atoms with van der Waals surface area (Å²) in [5, 5.41) is 9.18. The van der Waals surface area contributed by atoms with Crippen LogP contribution in [0.4, 0.5) is 0 Å². The third kappa shape index (κ3) is 3.65. The minimum Gasteiger partial charge on any atom is -0.508 e. The molecule has 4 nitrogen and oxygen atoms in total. The van der Waals surface area contributed by atoms with Crippen molar-refractivity contribution in [3.8, 4) is 11.5 Å². The van der Waals surface area contributed by atoms with Crippen LogP contribution in [0.25, 0.3) is 0 Å². The number of phenols is 1. The number of carbonyl (C=O) groups excluding carboxylic acids is 1. The van der Waals surface area contributed by atoms with E-state index in [1.54, 1.807) is 31.2 Å². The molecule has 0 saturated carbocycles. The summed E-state index contributed by atoms with van der Waals surface area (Å²) in [6.07, 6.45) is 1.62. The number of methoxy groups -OCH3 is 1. The normalized spacial score (nSPS) is 11.0. The summed E-state index contributed by atoms with van der Waals surface area (Å²) in [5.74, 6) is 0.319. The van der Waals surface area contributed by atoms with Crippen LogP contribution in [0.5, 0.6) is 11.5 Å². The van der Waals surface area contributed by atoms with Crippen LogP contribution >= 0.6 is 0 Å². The summed E-state index contributed by atoms with van der Waals surface area (Å²) in [6.45, 7) is 1.90. The molecule has 0 spiro atoms. The molecule has 0 amide bonds.